The summed E-state index contributed by atoms with van der Waals surface area (Å²) in [7, 11) is 0. The highest BCUT2D eigenvalue weighted by Crippen LogP contribution is 2.17. The van der Waals surface area contributed by atoms with Gasteiger partial charge in [0.05, 0.1) is 13.2 Å². The molecule has 0 aromatic heterocycles. The van der Waals surface area contributed by atoms with Crippen molar-refractivity contribution in [1.29, 1.82) is 0 Å². The lowest BCUT2D eigenvalue weighted by atomic mass is 10.2. The fourth-order valence-electron chi connectivity index (χ4n) is 2.36. The zero-order valence-corrected chi connectivity index (χ0v) is 16.8. The molecule has 0 saturated heterocycles. The van der Waals surface area contributed by atoms with Crippen LogP contribution in [0.25, 0.3) is 0 Å². The fraction of sp³-hybridized carbons (Fsp3) is 0.364. The number of nitrogens with one attached hydrogen (secondary N) is 1. The van der Waals surface area contributed by atoms with Gasteiger partial charge < -0.3 is 24.3 Å². The van der Waals surface area contributed by atoms with Crippen LogP contribution in [0.5, 0.6) is 17.2 Å². The molecule has 0 heterocycles. The molecule has 1 N–H and O–H groups in total. The molecule has 0 aliphatic carbocycles. The van der Waals surface area contributed by atoms with Crippen molar-refractivity contribution in [3.8, 4) is 17.2 Å². The maximum atomic E-state index is 11.7. The first-order valence-corrected chi connectivity index (χ1v) is 9.60. The van der Waals surface area contributed by atoms with Gasteiger partial charge in [0.1, 0.15) is 23.9 Å². The Labute approximate surface area is 170 Å². The molecule has 1 amide bonds. The van der Waals surface area contributed by atoms with Crippen molar-refractivity contribution in [3.63, 3.8) is 0 Å². The number of hydrogen-bond acceptors (Lipinski definition) is 6. The van der Waals surface area contributed by atoms with Gasteiger partial charge in [-0.25, -0.2) is 4.79 Å². The van der Waals surface area contributed by atoms with Crippen LogP contribution in [0.2, 0.25) is 0 Å². The summed E-state index contributed by atoms with van der Waals surface area (Å²) in [6, 6.07) is 14.7. The standard InChI is InChI=1S/C22H27NO6/c1-3-17-5-7-20(8-6-17)28-16-22(25)29-15-21(24)23-13-14-27-19-11-9-18(10-12-19)26-4-2/h5-12H,3-4,13-16H2,1-2H3,(H,23,24). The molecule has 0 radical (unpaired) electrons. The van der Waals surface area contributed by atoms with Gasteiger partial charge in [-0.05, 0) is 55.3 Å². The van der Waals surface area contributed by atoms with Gasteiger partial charge in [0, 0.05) is 0 Å². The van der Waals surface area contributed by atoms with E-state index in [2.05, 4.69) is 12.2 Å². The lowest BCUT2D eigenvalue weighted by Crippen LogP contribution is -2.32. The van der Waals surface area contributed by atoms with E-state index in [0.717, 1.165) is 12.2 Å². The molecule has 0 unspecified atom stereocenters. The molecule has 7 nitrogen and oxygen atoms in total. The molecule has 2 rings (SSSR count). The van der Waals surface area contributed by atoms with Crippen molar-refractivity contribution in [3.05, 3.63) is 54.1 Å². The highest BCUT2D eigenvalue weighted by molar-refractivity contribution is 5.80. The number of hydrogen-bond donors (Lipinski definition) is 1. The van der Waals surface area contributed by atoms with Crippen LogP contribution in [0.3, 0.4) is 0 Å². The van der Waals surface area contributed by atoms with Crippen LogP contribution in [0.4, 0.5) is 0 Å². The summed E-state index contributed by atoms with van der Waals surface area (Å²) >= 11 is 0. The molecule has 0 aliphatic heterocycles. The Morgan fingerprint density at radius 1 is 0.793 bits per heavy atom. The Balaban J connectivity index is 1.55. The van der Waals surface area contributed by atoms with Crippen molar-refractivity contribution >= 4 is 11.9 Å². The van der Waals surface area contributed by atoms with Gasteiger partial charge >= 0.3 is 5.97 Å². The predicted molar refractivity (Wildman–Crippen MR) is 108 cm³/mol. The van der Waals surface area contributed by atoms with E-state index < -0.39 is 11.9 Å². The Hall–Kier alpha value is -3.22. The first-order chi connectivity index (χ1) is 14.1. The first-order valence-electron chi connectivity index (χ1n) is 9.60. The van der Waals surface area contributed by atoms with Crippen molar-refractivity contribution < 1.29 is 28.5 Å². The molecule has 0 saturated carbocycles. The summed E-state index contributed by atoms with van der Waals surface area (Å²) in [6.07, 6.45) is 0.933. The van der Waals surface area contributed by atoms with Crippen LogP contribution in [0, 0.1) is 0 Å². The van der Waals surface area contributed by atoms with Gasteiger partial charge in [0.2, 0.25) is 0 Å². The third kappa shape index (κ3) is 8.55. The second-order valence-corrected chi connectivity index (χ2v) is 6.05. The highest BCUT2D eigenvalue weighted by atomic mass is 16.6. The SMILES string of the molecule is CCOc1ccc(OCCNC(=O)COC(=O)COc2ccc(CC)cc2)cc1. The van der Waals surface area contributed by atoms with Gasteiger partial charge in [-0.3, -0.25) is 4.79 Å². The van der Waals surface area contributed by atoms with E-state index >= 15 is 0 Å². The minimum Gasteiger partial charge on any atom is -0.494 e. The maximum absolute atomic E-state index is 11.7. The quantitative estimate of drug-likeness (QED) is 0.435. The normalized spacial score (nSPS) is 10.1. The number of carbonyl (C=O) groups is 2. The number of esters is 1. The molecule has 0 aliphatic rings. The number of amides is 1. The molecule has 0 atom stereocenters. The second kappa shape index (κ2) is 12.3. The minimum absolute atomic E-state index is 0.250. The van der Waals surface area contributed by atoms with Crippen LogP contribution >= 0.6 is 0 Å². The van der Waals surface area contributed by atoms with Crippen LogP contribution in [-0.4, -0.2) is 44.8 Å². The molecular formula is C22H27NO6. The first kappa shape index (κ1) is 22.1. The predicted octanol–water partition coefficient (Wildman–Crippen LogP) is 2.76. The zero-order valence-electron chi connectivity index (χ0n) is 16.8. The fourth-order valence-corrected chi connectivity index (χ4v) is 2.36. The molecule has 0 spiro atoms. The molecular weight excluding hydrogens is 374 g/mol. The Bertz CT molecular complexity index is 758. The van der Waals surface area contributed by atoms with Crippen LogP contribution < -0.4 is 19.5 Å². The molecule has 7 heteroatoms. The van der Waals surface area contributed by atoms with E-state index in [-0.39, 0.29) is 13.2 Å². The smallest absolute Gasteiger partial charge is 0.344 e. The average molecular weight is 401 g/mol. The molecule has 2 aromatic rings. The van der Waals surface area contributed by atoms with Gasteiger partial charge in [0.25, 0.3) is 5.91 Å². The van der Waals surface area contributed by atoms with E-state index in [1.807, 2.05) is 31.2 Å². The van der Waals surface area contributed by atoms with Gasteiger partial charge in [0.15, 0.2) is 13.2 Å². The Morgan fingerprint density at radius 2 is 1.38 bits per heavy atom. The molecule has 0 bridgehead atoms. The second-order valence-electron chi connectivity index (χ2n) is 6.05. The van der Waals surface area contributed by atoms with E-state index in [1.54, 1.807) is 24.3 Å². The Kier molecular flexibility index (Phi) is 9.35. The lowest BCUT2D eigenvalue weighted by Gasteiger charge is -2.10. The van der Waals surface area contributed by atoms with E-state index in [0.29, 0.717) is 31.3 Å². The van der Waals surface area contributed by atoms with Crippen molar-refractivity contribution in [2.45, 2.75) is 20.3 Å². The molecule has 0 fully saturated rings. The summed E-state index contributed by atoms with van der Waals surface area (Å²) in [4.78, 5) is 23.4. The number of rotatable bonds is 12. The highest BCUT2D eigenvalue weighted by Gasteiger charge is 2.08. The van der Waals surface area contributed by atoms with E-state index in [9.17, 15) is 9.59 Å². The van der Waals surface area contributed by atoms with Crippen molar-refractivity contribution in [1.82, 2.24) is 5.32 Å². The zero-order chi connectivity index (χ0) is 20.9. The molecule has 156 valence electrons. The third-order valence-corrected chi connectivity index (χ3v) is 3.88. The van der Waals surface area contributed by atoms with Crippen LogP contribution in [0.15, 0.2) is 48.5 Å². The summed E-state index contributed by atoms with van der Waals surface area (Å²) in [5.74, 6) is 1.02. The number of aryl methyl sites for hydroxylation is 1. The molecule has 29 heavy (non-hydrogen) atoms. The van der Waals surface area contributed by atoms with Crippen LogP contribution in [0.1, 0.15) is 19.4 Å². The number of ether oxygens (including phenoxy) is 4. The van der Waals surface area contributed by atoms with Crippen molar-refractivity contribution in [2.24, 2.45) is 0 Å². The third-order valence-electron chi connectivity index (χ3n) is 3.88. The Morgan fingerprint density at radius 3 is 2.00 bits per heavy atom. The topological polar surface area (TPSA) is 83.1 Å². The minimum atomic E-state index is -0.606. The molecule has 2 aromatic carbocycles. The largest absolute Gasteiger partial charge is 0.494 e. The van der Waals surface area contributed by atoms with E-state index in [4.69, 9.17) is 18.9 Å². The maximum Gasteiger partial charge on any atom is 0.344 e. The monoisotopic (exact) mass is 401 g/mol. The summed E-state index contributed by atoms with van der Waals surface area (Å²) in [5.41, 5.74) is 1.18. The van der Waals surface area contributed by atoms with E-state index in [1.165, 1.54) is 5.56 Å². The summed E-state index contributed by atoms with van der Waals surface area (Å²) < 4.78 is 21.1. The van der Waals surface area contributed by atoms with Gasteiger partial charge in [-0.15, -0.1) is 0 Å². The van der Waals surface area contributed by atoms with Crippen molar-refractivity contribution in [2.75, 3.05) is 33.0 Å². The summed E-state index contributed by atoms with van der Waals surface area (Å²) in [6.45, 7) is 4.57. The summed E-state index contributed by atoms with van der Waals surface area (Å²) in [5, 5.41) is 2.62. The average Bonchev–Trinajstić information content (AvgIpc) is 2.75. The van der Waals surface area contributed by atoms with Gasteiger partial charge in [-0.1, -0.05) is 19.1 Å². The van der Waals surface area contributed by atoms with Gasteiger partial charge in [-0.2, -0.15) is 0 Å². The number of benzene rings is 2. The lowest BCUT2D eigenvalue weighted by molar-refractivity contribution is -0.150. The number of carbonyl (C=O) groups excluding carboxylic acids is 2. The van der Waals surface area contributed by atoms with Crippen LogP contribution in [-0.2, 0) is 20.7 Å².